The van der Waals surface area contributed by atoms with Crippen LogP contribution in [0.25, 0.3) is 11.1 Å². The topological polar surface area (TPSA) is 73.2 Å². The molecule has 0 aliphatic heterocycles. The molecule has 3 aromatic rings. The molecule has 1 aromatic heterocycles. The first-order valence-corrected chi connectivity index (χ1v) is 11.1. The number of aromatic nitrogens is 2. The number of rotatable bonds is 7. The van der Waals surface area contributed by atoms with E-state index < -0.39 is 11.4 Å². The summed E-state index contributed by atoms with van der Waals surface area (Å²) in [5.41, 5.74) is 2.58. The fraction of sp³-hybridized carbons (Fsp3) is 0.346. The highest BCUT2D eigenvalue weighted by atomic mass is 19.1. The smallest absolute Gasteiger partial charge is 0.338 e. The van der Waals surface area contributed by atoms with Crippen LogP contribution in [0.1, 0.15) is 48.2 Å². The molecule has 6 nitrogen and oxygen atoms in total. The van der Waals surface area contributed by atoms with Gasteiger partial charge in [-0.1, -0.05) is 32.0 Å². The van der Waals surface area contributed by atoms with Crippen molar-refractivity contribution in [2.24, 2.45) is 5.92 Å². The Bertz CT molecular complexity index is 1210. The number of carbonyl (C=O) groups excluding carboxylic acids is 2. The Morgan fingerprint density at radius 2 is 1.97 bits per heavy atom. The predicted molar refractivity (Wildman–Crippen MR) is 125 cm³/mol. The first-order valence-electron chi connectivity index (χ1n) is 11.1. The Hall–Kier alpha value is -3.48. The molecule has 33 heavy (non-hydrogen) atoms. The monoisotopic (exact) mass is 449 g/mol. The molecule has 1 aliphatic carbocycles. The van der Waals surface area contributed by atoms with Crippen LogP contribution in [0.4, 0.5) is 10.1 Å². The lowest BCUT2D eigenvalue weighted by molar-refractivity contribution is -0.118. The molecule has 7 heteroatoms. The van der Waals surface area contributed by atoms with Crippen LogP contribution in [0.5, 0.6) is 0 Å². The van der Waals surface area contributed by atoms with Crippen LogP contribution >= 0.6 is 0 Å². The number of carbonyl (C=O) groups is 2. The van der Waals surface area contributed by atoms with Crippen molar-refractivity contribution in [1.29, 1.82) is 0 Å². The third-order valence-electron chi connectivity index (χ3n) is 6.00. The maximum atomic E-state index is 14.6. The quantitative estimate of drug-likeness (QED) is 0.509. The fourth-order valence-corrected chi connectivity index (χ4v) is 4.13. The van der Waals surface area contributed by atoms with Crippen molar-refractivity contribution in [3.05, 3.63) is 71.3 Å². The van der Waals surface area contributed by atoms with E-state index in [2.05, 4.69) is 24.3 Å². The zero-order valence-electron chi connectivity index (χ0n) is 19.3. The standard InChI is InChI=1S/C26H28FN3O3/c1-16(2)14-30-15-18(13-28-30)20-7-6-19(12-21(20)24(31)33-4)29-25(32)26(9-10-26)22-8-5-17(3)11-23(22)27/h5-8,11-13,15-16H,9-10,14H2,1-4H3,(H,29,32). The van der Waals surface area contributed by atoms with Crippen molar-refractivity contribution in [3.8, 4) is 11.1 Å². The average molecular weight is 450 g/mol. The van der Waals surface area contributed by atoms with Gasteiger partial charge >= 0.3 is 5.97 Å². The van der Waals surface area contributed by atoms with Crippen molar-refractivity contribution >= 4 is 17.6 Å². The van der Waals surface area contributed by atoms with E-state index in [0.29, 0.717) is 41.1 Å². The van der Waals surface area contributed by atoms with Gasteiger partial charge in [0.15, 0.2) is 0 Å². The second-order valence-electron chi connectivity index (χ2n) is 9.12. The average Bonchev–Trinajstić information content (AvgIpc) is 3.45. The highest BCUT2D eigenvalue weighted by molar-refractivity contribution is 6.04. The number of hydrogen-bond acceptors (Lipinski definition) is 4. The molecule has 0 bridgehead atoms. The second-order valence-corrected chi connectivity index (χ2v) is 9.12. The molecule has 1 fully saturated rings. The van der Waals surface area contributed by atoms with Gasteiger partial charge in [-0.3, -0.25) is 9.48 Å². The number of nitrogens with one attached hydrogen (secondary N) is 1. The molecule has 0 atom stereocenters. The number of anilines is 1. The van der Waals surface area contributed by atoms with Gasteiger partial charge in [-0.05, 0) is 55.0 Å². The van der Waals surface area contributed by atoms with Crippen LogP contribution in [0, 0.1) is 18.7 Å². The van der Waals surface area contributed by atoms with Gasteiger partial charge in [0.25, 0.3) is 0 Å². The lowest BCUT2D eigenvalue weighted by atomic mass is 9.93. The first kappa shape index (κ1) is 22.7. The summed E-state index contributed by atoms with van der Waals surface area (Å²) in [6, 6.07) is 10.1. The SMILES string of the molecule is COC(=O)c1cc(NC(=O)C2(c3ccc(C)cc3F)CC2)ccc1-c1cnn(CC(C)C)c1. The van der Waals surface area contributed by atoms with E-state index in [4.69, 9.17) is 4.74 Å². The van der Waals surface area contributed by atoms with Gasteiger partial charge in [-0.2, -0.15) is 5.10 Å². The van der Waals surface area contributed by atoms with Crippen molar-refractivity contribution in [3.63, 3.8) is 0 Å². The molecule has 172 valence electrons. The number of nitrogens with zero attached hydrogens (tertiary/aromatic N) is 2. The summed E-state index contributed by atoms with van der Waals surface area (Å²) in [5, 5.41) is 7.26. The third-order valence-corrected chi connectivity index (χ3v) is 6.00. The van der Waals surface area contributed by atoms with Crippen LogP contribution in [0.15, 0.2) is 48.8 Å². The maximum Gasteiger partial charge on any atom is 0.338 e. The first-order chi connectivity index (χ1) is 15.7. The summed E-state index contributed by atoms with van der Waals surface area (Å²) < 4.78 is 21.4. The van der Waals surface area contributed by atoms with Crippen LogP contribution in [-0.2, 0) is 21.5 Å². The number of amides is 1. The molecule has 0 unspecified atom stereocenters. The van der Waals surface area contributed by atoms with Crippen LogP contribution in [0.3, 0.4) is 0 Å². The molecule has 1 aliphatic rings. The zero-order chi connectivity index (χ0) is 23.8. The van der Waals surface area contributed by atoms with E-state index >= 15 is 0 Å². The highest BCUT2D eigenvalue weighted by Gasteiger charge is 2.52. The van der Waals surface area contributed by atoms with Gasteiger partial charge in [-0.15, -0.1) is 0 Å². The van der Waals surface area contributed by atoms with Gasteiger partial charge < -0.3 is 10.1 Å². The Labute approximate surface area is 192 Å². The number of aryl methyl sites for hydroxylation is 1. The lowest BCUT2D eigenvalue weighted by Crippen LogP contribution is -2.29. The number of benzene rings is 2. The molecule has 0 spiro atoms. The van der Waals surface area contributed by atoms with Gasteiger partial charge in [0.05, 0.1) is 24.3 Å². The van der Waals surface area contributed by atoms with Gasteiger partial charge in [0.1, 0.15) is 5.82 Å². The lowest BCUT2D eigenvalue weighted by Gasteiger charge is -2.18. The summed E-state index contributed by atoms with van der Waals surface area (Å²) in [6.45, 7) is 6.79. The number of methoxy groups -OCH3 is 1. The normalized spacial score (nSPS) is 14.2. The van der Waals surface area contributed by atoms with E-state index in [1.807, 2.05) is 23.9 Å². The summed E-state index contributed by atoms with van der Waals surface area (Å²) in [5.74, 6) is -0.725. The summed E-state index contributed by atoms with van der Waals surface area (Å²) in [6.07, 6.45) is 4.76. The zero-order valence-corrected chi connectivity index (χ0v) is 19.3. The third kappa shape index (κ3) is 4.53. The summed E-state index contributed by atoms with van der Waals surface area (Å²) in [7, 11) is 1.32. The molecular weight excluding hydrogens is 421 g/mol. The fourth-order valence-electron chi connectivity index (χ4n) is 4.13. The van der Waals surface area contributed by atoms with Crippen LogP contribution < -0.4 is 5.32 Å². The van der Waals surface area contributed by atoms with E-state index in [-0.39, 0.29) is 11.7 Å². The Morgan fingerprint density at radius 3 is 2.61 bits per heavy atom. The molecule has 2 aromatic carbocycles. The molecule has 1 N–H and O–H groups in total. The maximum absolute atomic E-state index is 14.6. The number of ether oxygens (including phenoxy) is 1. The van der Waals surface area contributed by atoms with E-state index in [0.717, 1.165) is 17.7 Å². The van der Waals surface area contributed by atoms with Crippen molar-refractivity contribution in [2.75, 3.05) is 12.4 Å². The van der Waals surface area contributed by atoms with Gasteiger partial charge in [0.2, 0.25) is 5.91 Å². The van der Waals surface area contributed by atoms with Crippen molar-refractivity contribution in [1.82, 2.24) is 9.78 Å². The van der Waals surface area contributed by atoms with E-state index in [1.54, 1.807) is 30.5 Å². The van der Waals surface area contributed by atoms with Crippen LogP contribution in [-0.4, -0.2) is 28.8 Å². The number of hydrogen-bond donors (Lipinski definition) is 1. The largest absolute Gasteiger partial charge is 0.465 e. The second kappa shape index (κ2) is 8.81. The van der Waals surface area contributed by atoms with E-state index in [9.17, 15) is 14.0 Å². The molecule has 1 amide bonds. The minimum Gasteiger partial charge on any atom is -0.465 e. The number of esters is 1. The van der Waals surface area contributed by atoms with Crippen LogP contribution in [0.2, 0.25) is 0 Å². The summed E-state index contributed by atoms with van der Waals surface area (Å²) >= 11 is 0. The molecule has 4 rings (SSSR count). The van der Waals surface area contributed by atoms with Gasteiger partial charge in [0, 0.05) is 29.6 Å². The van der Waals surface area contributed by atoms with Crippen molar-refractivity contribution in [2.45, 2.75) is 45.6 Å². The molecule has 1 saturated carbocycles. The summed E-state index contributed by atoms with van der Waals surface area (Å²) in [4.78, 5) is 25.7. The Morgan fingerprint density at radius 1 is 1.21 bits per heavy atom. The molecule has 0 saturated heterocycles. The molecule has 0 radical (unpaired) electrons. The van der Waals surface area contributed by atoms with Gasteiger partial charge in [-0.25, -0.2) is 9.18 Å². The number of halogens is 1. The van der Waals surface area contributed by atoms with E-state index in [1.165, 1.54) is 13.2 Å². The Balaban J connectivity index is 1.62. The highest BCUT2D eigenvalue weighted by Crippen LogP contribution is 2.50. The minimum absolute atomic E-state index is 0.279. The molecule has 1 heterocycles. The Kier molecular flexibility index (Phi) is 6.06. The molecular formula is C26H28FN3O3. The predicted octanol–water partition coefficient (Wildman–Crippen LogP) is 5.11. The minimum atomic E-state index is -0.875. The van der Waals surface area contributed by atoms with Crippen molar-refractivity contribution < 1.29 is 18.7 Å².